The molecule has 1 N–H and O–H groups in total. The fourth-order valence-electron chi connectivity index (χ4n) is 1.49. The van der Waals surface area contributed by atoms with Gasteiger partial charge >= 0.3 is 0 Å². The van der Waals surface area contributed by atoms with Crippen molar-refractivity contribution in [2.75, 3.05) is 13.6 Å². The van der Waals surface area contributed by atoms with E-state index >= 15 is 0 Å². The highest BCUT2D eigenvalue weighted by Gasteiger charge is 2.15. The highest BCUT2D eigenvalue weighted by molar-refractivity contribution is 9.10. The lowest BCUT2D eigenvalue weighted by atomic mass is 10.1. The lowest BCUT2D eigenvalue weighted by molar-refractivity contribution is 0.0421. The molecule has 84 valence electrons. The van der Waals surface area contributed by atoms with E-state index in [1.807, 2.05) is 19.2 Å². The van der Waals surface area contributed by atoms with Crippen LogP contribution >= 0.6 is 15.9 Å². The zero-order valence-corrected chi connectivity index (χ0v) is 11.0. The first-order valence-corrected chi connectivity index (χ1v) is 5.67. The molecule has 0 aromatic carbocycles. The van der Waals surface area contributed by atoms with E-state index in [-0.39, 0.29) is 0 Å². The Balaban J connectivity index is 2.51. The molecule has 0 unspecified atom stereocenters. The number of hydrogen-bond acceptors (Lipinski definition) is 3. The van der Waals surface area contributed by atoms with Gasteiger partial charge in [0.1, 0.15) is 0 Å². The van der Waals surface area contributed by atoms with E-state index in [0.29, 0.717) is 6.54 Å². The van der Waals surface area contributed by atoms with Crippen LogP contribution in [0, 0.1) is 0 Å². The highest BCUT2D eigenvalue weighted by atomic mass is 79.9. The van der Waals surface area contributed by atoms with Gasteiger partial charge in [-0.2, -0.15) is 0 Å². The van der Waals surface area contributed by atoms with E-state index in [1.165, 1.54) is 0 Å². The van der Waals surface area contributed by atoms with Gasteiger partial charge in [0.05, 0.1) is 11.3 Å². The molecule has 0 amide bonds. The number of aromatic nitrogens is 1. The van der Waals surface area contributed by atoms with Gasteiger partial charge in [-0.15, -0.1) is 0 Å². The smallest absolute Gasteiger partial charge is 0.0718 e. The first-order valence-electron chi connectivity index (χ1n) is 4.88. The van der Waals surface area contributed by atoms with Gasteiger partial charge in [-0.3, -0.25) is 9.88 Å². The molecule has 0 radical (unpaired) electrons. The van der Waals surface area contributed by atoms with Gasteiger partial charge in [0.25, 0.3) is 0 Å². The predicted molar refractivity (Wildman–Crippen MR) is 64.6 cm³/mol. The molecular weight excluding hydrogens is 256 g/mol. The molecule has 0 spiro atoms. The third-order valence-electron chi connectivity index (χ3n) is 1.88. The van der Waals surface area contributed by atoms with Gasteiger partial charge in [-0.25, -0.2) is 0 Å². The van der Waals surface area contributed by atoms with E-state index in [4.69, 9.17) is 0 Å². The van der Waals surface area contributed by atoms with Crippen molar-refractivity contribution in [2.24, 2.45) is 0 Å². The average molecular weight is 273 g/mol. The molecule has 4 heteroatoms. The summed E-state index contributed by atoms with van der Waals surface area (Å²) >= 11 is 3.34. The molecular formula is C11H17BrN2O. The predicted octanol–water partition coefficient (Wildman–Crippen LogP) is 2.05. The molecule has 1 rings (SSSR count). The van der Waals surface area contributed by atoms with Crippen LogP contribution in [-0.4, -0.2) is 34.2 Å². The molecule has 0 atom stereocenters. The Morgan fingerprint density at radius 3 is 2.60 bits per heavy atom. The van der Waals surface area contributed by atoms with Crippen LogP contribution in [-0.2, 0) is 6.54 Å². The normalized spacial score (nSPS) is 12.1. The number of hydrogen-bond donors (Lipinski definition) is 1. The van der Waals surface area contributed by atoms with Crippen LogP contribution < -0.4 is 0 Å². The van der Waals surface area contributed by atoms with Crippen LogP contribution in [0.3, 0.4) is 0 Å². The number of aliphatic hydroxyl groups is 1. The maximum absolute atomic E-state index is 9.64. The quantitative estimate of drug-likeness (QED) is 0.912. The third-order valence-corrected chi connectivity index (χ3v) is 2.35. The van der Waals surface area contributed by atoms with Crippen LogP contribution in [0.1, 0.15) is 19.5 Å². The van der Waals surface area contributed by atoms with Gasteiger partial charge < -0.3 is 5.11 Å². The minimum Gasteiger partial charge on any atom is -0.389 e. The van der Waals surface area contributed by atoms with Crippen molar-refractivity contribution in [3.8, 4) is 0 Å². The van der Waals surface area contributed by atoms with Crippen molar-refractivity contribution in [3.63, 3.8) is 0 Å². The lowest BCUT2D eigenvalue weighted by Crippen LogP contribution is -2.35. The molecule has 0 fully saturated rings. The molecule has 0 aliphatic carbocycles. The van der Waals surface area contributed by atoms with E-state index < -0.39 is 5.60 Å². The lowest BCUT2D eigenvalue weighted by Gasteiger charge is -2.25. The Morgan fingerprint density at radius 2 is 2.13 bits per heavy atom. The van der Waals surface area contributed by atoms with Gasteiger partial charge in [-0.05, 0) is 49.0 Å². The van der Waals surface area contributed by atoms with Crippen LogP contribution in [0.15, 0.2) is 22.8 Å². The summed E-state index contributed by atoms with van der Waals surface area (Å²) in [6.45, 7) is 4.99. The largest absolute Gasteiger partial charge is 0.389 e. The van der Waals surface area contributed by atoms with Gasteiger partial charge in [-0.1, -0.05) is 0 Å². The van der Waals surface area contributed by atoms with E-state index in [0.717, 1.165) is 16.7 Å². The molecule has 3 nitrogen and oxygen atoms in total. The Kier molecular flexibility index (Phi) is 4.25. The van der Waals surface area contributed by atoms with E-state index in [1.54, 1.807) is 20.0 Å². The summed E-state index contributed by atoms with van der Waals surface area (Å²) in [5.41, 5.74) is 0.342. The zero-order chi connectivity index (χ0) is 11.5. The third kappa shape index (κ3) is 5.25. The number of nitrogens with zero attached hydrogens (tertiary/aromatic N) is 2. The molecule has 1 aromatic rings. The number of rotatable bonds is 4. The summed E-state index contributed by atoms with van der Waals surface area (Å²) in [5, 5.41) is 9.64. The summed E-state index contributed by atoms with van der Waals surface area (Å²) in [6, 6.07) is 3.95. The van der Waals surface area contributed by atoms with Crippen molar-refractivity contribution in [1.82, 2.24) is 9.88 Å². The van der Waals surface area contributed by atoms with Gasteiger partial charge in [0, 0.05) is 23.8 Å². The molecule has 0 aliphatic heterocycles. The average Bonchev–Trinajstić information content (AvgIpc) is 2.05. The second-order valence-corrected chi connectivity index (χ2v) is 5.37. The van der Waals surface area contributed by atoms with E-state index in [9.17, 15) is 5.11 Å². The monoisotopic (exact) mass is 272 g/mol. The molecule has 15 heavy (non-hydrogen) atoms. The fraction of sp³-hybridized carbons (Fsp3) is 0.545. The molecule has 1 aromatic heterocycles. The van der Waals surface area contributed by atoms with Crippen molar-refractivity contribution in [3.05, 3.63) is 28.5 Å². The maximum Gasteiger partial charge on any atom is 0.0718 e. The zero-order valence-electron chi connectivity index (χ0n) is 9.37. The standard InChI is InChI=1S/C11H17BrN2O/c1-11(2,15)8-14(3)7-10-5-4-9(12)6-13-10/h4-6,15H,7-8H2,1-3H3. The minimum atomic E-state index is -0.663. The van der Waals surface area contributed by atoms with Crippen molar-refractivity contribution < 1.29 is 5.11 Å². The second kappa shape index (κ2) is 5.05. The summed E-state index contributed by atoms with van der Waals surface area (Å²) in [4.78, 5) is 6.33. The first-order chi connectivity index (χ1) is 6.87. The summed E-state index contributed by atoms with van der Waals surface area (Å²) < 4.78 is 0.983. The number of pyridine rings is 1. The second-order valence-electron chi connectivity index (χ2n) is 4.45. The summed E-state index contributed by atoms with van der Waals surface area (Å²) in [5.74, 6) is 0. The Labute approximate surface area is 99.3 Å². The maximum atomic E-state index is 9.64. The fourth-order valence-corrected chi connectivity index (χ4v) is 1.73. The SMILES string of the molecule is CN(Cc1ccc(Br)cn1)CC(C)(C)O. The number of halogens is 1. The summed E-state index contributed by atoms with van der Waals surface area (Å²) in [6.07, 6.45) is 1.78. The van der Waals surface area contributed by atoms with Crippen molar-refractivity contribution in [1.29, 1.82) is 0 Å². The highest BCUT2D eigenvalue weighted by Crippen LogP contribution is 2.10. The van der Waals surface area contributed by atoms with Crippen LogP contribution in [0.2, 0.25) is 0 Å². The van der Waals surface area contributed by atoms with E-state index in [2.05, 4.69) is 25.8 Å². The Bertz CT molecular complexity index is 305. The van der Waals surface area contributed by atoms with Gasteiger partial charge in [0.15, 0.2) is 0 Å². The summed E-state index contributed by atoms with van der Waals surface area (Å²) in [7, 11) is 1.97. The number of likely N-dealkylation sites (N-methyl/N-ethyl adjacent to an activating group) is 1. The minimum absolute atomic E-state index is 0.630. The Morgan fingerprint density at radius 1 is 1.47 bits per heavy atom. The topological polar surface area (TPSA) is 36.4 Å². The molecule has 1 heterocycles. The Hall–Kier alpha value is -0.450. The van der Waals surface area contributed by atoms with Crippen LogP contribution in [0.5, 0.6) is 0 Å². The molecule has 0 aliphatic rings. The van der Waals surface area contributed by atoms with Gasteiger partial charge in [0.2, 0.25) is 0 Å². The van der Waals surface area contributed by atoms with Crippen LogP contribution in [0.25, 0.3) is 0 Å². The molecule has 0 saturated heterocycles. The molecule has 0 bridgehead atoms. The molecule has 0 saturated carbocycles. The first kappa shape index (κ1) is 12.6. The van der Waals surface area contributed by atoms with Crippen LogP contribution in [0.4, 0.5) is 0 Å². The van der Waals surface area contributed by atoms with Crippen molar-refractivity contribution in [2.45, 2.75) is 26.0 Å². The van der Waals surface area contributed by atoms with Crippen molar-refractivity contribution >= 4 is 15.9 Å².